The molecule has 0 aliphatic carbocycles. The number of carbonyl (C=O) groups excluding carboxylic acids is 1. The first-order valence-corrected chi connectivity index (χ1v) is 6.70. The van der Waals surface area contributed by atoms with Crippen LogP contribution in [0.2, 0.25) is 0 Å². The number of aryl methyl sites for hydroxylation is 1. The molecule has 0 saturated heterocycles. The molecule has 1 unspecified atom stereocenters. The average molecular weight is 280 g/mol. The molecule has 0 aliphatic heterocycles. The van der Waals surface area contributed by atoms with Gasteiger partial charge in [-0.25, -0.2) is 14.8 Å². The van der Waals surface area contributed by atoms with Gasteiger partial charge in [-0.1, -0.05) is 11.3 Å². The lowest BCUT2D eigenvalue weighted by atomic mass is 10.3. The Bertz CT molecular complexity index is 550. The number of rotatable bonds is 5. The summed E-state index contributed by atoms with van der Waals surface area (Å²) in [6.07, 6.45) is 5.42. The Kier molecular flexibility index (Phi) is 4.16. The van der Waals surface area contributed by atoms with E-state index in [0.29, 0.717) is 10.6 Å². The van der Waals surface area contributed by atoms with Crippen LogP contribution < -0.4 is 5.32 Å². The third-order valence-corrected chi connectivity index (χ3v) is 3.65. The number of esters is 1. The number of aromatic nitrogens is 3. The van der Waals surface area contributed by atoms with Crippen molar-refractivity contribution in [1.29, 1.82) is 0 Å². The number of thiazole rings is 1. The second-order valence-corrected chi connectivity index (χ2v) is 5.23. The van der Waals surface area contributed by atoms with Crippen LogP contribution in [-0.4, -0.2) is 33.7 Å². The van der Waals surface area contributed by atoms with Crippen LogP contribution >= 0.6 is 11.3 Å². The van der Waals surface area contributed by atoms with Gasteiger partial charge in [0.25, 0.3) is 0 Å². The van der Waals surface area contributed by atoms with E-state index in [4.69, 9.17) is 4.74 Å². The minimum atomic E-state index is -0.342. The van der Waals surface area contributed by atoms with Crippen molar-refractivity contribution >= 4 is 22.4 Å². The standard InChI is InChI=1S/C12H16N4O2S/c1-8(6-16-5-4-13-7-16)14-12-15-9(2)10(19-12)11(17)18-3/h4-5,7-8H,6H2,1-3H3,(H,14,15). The normalized spacial score (nSPS) is 12.2. The van der Waals surface area contributed by atoms with Gasteiger partial charge < -0.3 is 14.6 Å². The smallest absolute Gasteiger partial charge is 0.350 e. The van der Waals surface area contributed by atoms with Crippen LogP contribution in [0.5, 0.6) is 0 Å². The van der Waals surface area contributed by atoms with Crippen LogP contribution in [0.25, 0.3) is 0 Å². The summed E-state index contributed by atoms with van der Waals surface area (Å²) < 4.78 is 6.70. The lowest BCUT2D eigenvalue weighted by Crippen LogP contribution is -2.21. The highest BCUT2D eigenvalue weighted by atomic mass is 32.1. The predicted octanol–water partition coefficient (Wildman–Crippen LogP) is 1.94. The summed E-state index contributed by atoms with van der Waals surface area (Å²) in [6.45, 7) is 4.63. The monoisotopic (exact) mass is 280 g/mol. The minimum Gasteiger partial charge on any atom is -0.465 e. The largest absolute Gasteiger partial charge is 0.465 e. The molecule has 2 aromatic heterocycles. The Morgan fingerprint density at radius 1 is 1.63 bits per heavy atom. The van der Waals surface area contributed by atoms with Gasteiger partial charge in [-0.2, -0.15) is 0 Å². The Labute approximate surface area is 115 Å². The van der Waals surface area contributed by atoms with Crippen molar-refractivity contribution in [2.75, 3.05) is 12.4 Å². The molecule has 0 fully saturated rings. The number of hydrogen-bond donors (Lipinski definition) is 1. The third kappa shape index (κ3) is 3.31. The molecule has 0 amide bonds. The summed E-state index contributed by atoms with van der Waals surface area (Å²) in [4.78, 5) is 20.4. The molecule has 19 heavy (non-hydrogen) atoms. The maximum Gasteiger partial charge on any atom is 0.350 e. The Morgan fingerprint density at radius 3 is 3.05 bits per heavy atom. The van der Waals surface area contributed by atoms with Gasteiger partial charge in [0.15, 0.2) is 5.13 Å². The van der Waals surface area contributed by atoms with Crippen LogP contribution in [0.3, 0.4) is 0 Å². The van der Waals surface area contributed by atoms with Crippen LogP contribution in [0.4, 0.5) is 5.13 Å². The second-order valence-electron chi connectivity index (χ2n) is 4.23. The topological polar surface area (TPSA) is 69.0 Å². The molecular weight excluding hydrogens is 264 g/mol. The SMILES string of the molecule is COC(=O)c1sc(NC(C)Cn2ccnc2)nc1C. The van der Waals surface area contributed by atoms with E-state index in [1.807, 2.05) is 10.8 Å². The molecule has 7 heteroatoms. The van der Waals surface area contributed by atoms with Gasteiger partial charge >= 0.3 is 5.97 Å². The van der Waals surface area contributed by atoms with Crippen molar-refractivity contribution in [2.45, 2.75) is 26.4 Å². The zero-order valence-corrected chi connectivity index (χ0v) is 11.9. The zero-order valence-electron chi connectivity index (χ0n) is 11.1. The van der Waals surface area contributed by atoms with Gasteiger partial charge in [-0.05, 0) is 13.8 Å². The maximum atomic E-state index is 11.5. The summed E-state index contributed by atoms with van der Waals surface area (Å²) in [5.41, 5.74) is 0.689. The number of carbonyl (C=O) groups is 1. The summed E-state index contributed by atoms with van der Waals surface area (Å²) in [5, 5.41) is 4.00. The van der Waals surface area contributed by atoms with E-state index in [2.05, 4.69) is 22.2 Å². The first kappa shape index (κ1) is 13.5. The molecule has 0 spiro atoms. The fourth-order valence-electron chi connectivity index (χ4n) is 1.71. The van der Waals surface area contributed by atoms with Gasteiger partial charge in [0.2, 0.25) is 0 Å². The number of hydrogen-bond acceptors (Lipinski definition) is 6. The molecule has 0 radical (unpaired) electrons. The minimum absolute atomic E-state index is 0.185. The molecule has 2 heterocycles. The van der Waals surface area contributed by atoms with Crippen molar-refractivity contribution < 1.29 is 9.53 Å². The molecular formula is C12H16N4O2S. The summed E-state index contributed by atoms with van der Waals surface area (Å²) in [6, 6.07) is 0.185. The molecule has 0 aliphatic rings. The van der Waals surface area contributed by atoms with Crippen molar-refractivity contribution in [3.8, 4) is 0 Å². The van der Waals surface area contributed by atoms with E-state index in [9.17, 15) is 4.79 Å². The summed E-state index contributed by atoms with van der Waals surface area (Å²) in [7, 11) is 1.37. The lowest BCUT2D eigenvalue weighted by Gasteiger charge is -2.12. The lowest BCUT2D eigenvalue weighted by molar-refractivity contribution is 0.0605. The molecule has 0 bridgehead atoms. The van der Waals surface area contributed by atoms with E-state index in [1.165, 1.54) is 18.4 Å². The maximum absolute atomic E-state index is 11.5. The highest BCUT2D eigenvalue weighted by molar-refractivity contribution is 7.17. The van der Waals surface area contributed by atoms with E-state index in [1.54, 1.807) is 19.4 Å². The quantitative estimate of drug-likeness (QED) is 0.848. The molecule has 0 saturated carbocycles. The van der Waals surface area contributed by atoms with Gasteiger partial charge in [-0.15, -0.1) is 0 Å². The molecule has 102 valence electrons. The molecule has 0 aromatic carbocycles. The number of anilines is 1. The van der Waals surface area contributed by atoms with Crippen LogP contribution in [0.15, 0.2) is 18.7 Å². The van der Waals surface area contributed by atoms with Crippen LogP contribution in [0, 0.1) is 6.92 Å². The van der Waals surface area contributed by atoms with E-state index in [0.717, 1.165) is 11.7 Å². The fraction of sp³-hybridized carbons (Fsp3) is 0.417. The number of nitrogens with one attached hydrogen (secondary N) is 1. The van der Waals surface area contributed by atoms with Gasteiger partial charge in [-0.3, -0.25) is 0 Å². The molecule has 2 aromatic rings. The summed E-state index contributed by atoms with van der Waals surface area (Å²) in [5.74, 6) is -0.342. The third-order valence-electron chi connectivity index (χ3n) is 2.58. The van der Waals surface area contributed by atoms with E-state index < -0.39 is 0 Å². The van der Waals surface area contributed by atoms with E-state index in [-0.39, 0.29) is 12.0 Å². The fourth-order valence-corrected chi connectivity index (χ4v) is 2.70. The summed E-state index contributed by atoms with van der Waals surface area (Å²) >= 11 is 1.31. The highest BCUT2D eigenvalue weighted by Crippen LogP contribution is 2.23. The molecule has 2 rings (SSSR count). The van der Waals surface area contributed by atoms with Crippen molar-refractivity contribution in [1.82, 2.24) is 14.5 Å². The highest BCUT2D eigenvalue weighted by Gasteiger charge is 2.16. The van der Waals surface area contributed by atoms with Crippen LogP contribution in [0.1, 0.15) is 22.3 Å². The zero-order chi connectivity index (χ0) is 13.8. The van der Waals surface area contributed by atoms with Crippen LogP contribution in [-0.2, 0) is 11.3 Å². The van der Waals surface area contributed by atoms with Gasteiger partial charge in [0.05, 0.1) is 19.1 Å². The number of nitrogens with zero attached hydrogens (tertiary/aromatic N) is 3. The van der Waals surface area contributed by atoms with E-state index >= 15 is 0 Å². The number of imidazole rings is 1. The number of methoxy groups -OCH3 is 1. The molecule has 1 N–H and O–H groups in total. The first-order chi connectivity index (χ1) is 9.10. The second kappa shape index (κ2) is 5.83. The Morgan fingerprint density at radius 2 is 2.42 bits per heavy atom. The first-order valence-electron chi connectivity index (χ1n) is 5.88. The van der Waals surface area contributed by atoms with Crippen molar-refractivity contribution in [2.24, 2.45) is 0 Å². The molecule has 6 nitrogen and oxygen atoms in total. The van der Waals surface area contributed by atoms with Gasteiger partial charge in [0, 0.05) is 25.0 Å². The average Bonchev–Trinajstić information content (AvgIpc) is 2.98. The Balaban J connectivity index is 2.01. The molecule has 1 atom stereocenters. The van der Waals surface area contributed by atoms with Crippen molar-refractivity contribution in [3.05, 3.63) is 29.3 Å². The predicted molar refractivity (Wildman–Crippen MR) is 73.5 cm³/mol. The Hall–Kier alpha value is -1.89. The van der Waals surface area contributed by atoms with Crippen molar-refractivity contribution in [3.63, 3.8) is 0 Å². The van der Waals surface area contributed by atoms with Gasteiger partial charge in [0.1, 0.15) is 4.88 Å². The number of ether oxygens (including phenoxy) is 1.